The van der Waals surface area contributed by atoms with Crippen molar-refractivity contribution in [3.63, 3.8) is 0 Å². The summed E-state index contributed by atoms with van der Waals surface area (Å²) in [4.78, 5) is 0. The average Bonchev–Trinajstić information content (AvgIpc) is 2.24. The van der Waals surface area contributed by atoms with Crippen LogP contribution in [0.4, 0.5) is 0 Å². The van der Waals surface area contributed by atoms with Crippen molar-refractivity contribution in [3.05, 3.63) is 41.4 Å². The molecule has 2 nitrogen and oxygen atoms in total. The molecule has 0 bridgehead atoms. The van der Waals surface area contributed by atoms with E-state index in [-0.39, 0.29) is 5.54 Å². The number of rotatable bonds is 5. The highest BCUT2D eigenvalue weighted by molar-refractivity contribution is 6.32. The molecular weight excluding hydrogens is 234 g/mol. The zero-order valence-electron chi connectivity index (χ0n) is 10.7. The van der Waals surface area contributed by atoms with Crippen molar-refractivity contribution in [2.75, 3.05) is 6.61 Å². The van der Waals surface area contributed by atoms with E-state index in [1.54, 1.807) is 6.08 Å². The smallest absolute Gasteiger partial charge is 0.142 e. The fraction of sp³-hybridized carbons (Fsp3) is 0.429. The normalized spacial score (nSPS) is 11.3. The molecule has 1 aromatic rings. The summed E-state index contributed by atoms with van der Waals surface area (Å²) in [6.45, 7) is 11.2. The second-order valence-electron chi connectivity index (χ2n) is 4.93. The molecule has 1 rings (SSSR count). The van der Waals surface area contributed by atoms with Gasteiger partial charge in [-0.2, -0.15) is 0 Å². The Balaban J connectivity index is 2.82. The van der Waals surface area contributed by atoms with E-state index in [0.29, 0.717) is 11.6 Å². The zero-order valence-corrected chi connectivity index (χ0v) is 11.5. The van der Waals surface area contributed by atoms with Crippen LogP contribution in [0.2, 0.25) is 5.02 Å². The number of para-hydroxylation sites is 1. The van der Waals surface area contributed by atoms with Crippen LogP contribution in [-0.2, 0) is 6.54 Å². The first-order valence-corrected chi connectivity index (χ1v) is 6.08. The minimum Gasteiger partial charge on any atom is -0.488 e. The van der Waals surface area contributed by atoms with Gasteiger partial charge in [-0.15, -0.1) is 0 Å². The fourth-order valence-corrected chi connectivity index (χ4v) is 1.61. The van der Waals surface area contributed by atoms with Gasteiger partial charge in [0.15, 0.2) is 0 Å². The third-order valence-electron chi connectivity index (χ3n) is 2.20. The van der Waals surface area contributed by atoms with Crippen LogP contribution in [0, 0.1) is 0 Å². The molecule has 0 aromatic heterocycles. The molecule has 0 radical (unpaired) electrons. The van der Waals surface area contributed by atoms with Gasteiger partial charge in [-0.05, 0) is 26.8 Å². The van der Waals surface area contributed by atoms with Crippen LogP contribution in [0.1, 0.15) is 26.3 Å². The molecule has 0 saturated heterocycles. The van der Waals surface area contributed by atoms with Crippen LogP contribution in [0.3, 0.4) is 0 Å². The van der Waals surface area contributed by atoms with E-state index in [2.05, 4.69) is 32.7 Å². The van der Waals surface area contributed by atoms with Crippen molar-refractivity contribution in [2.24, 2.45) is 0 Å². The van der Waals surface area contributed by atoms with E-state index in [1.807, 2.05) is 18.2 Å². The highest BCUT2D eigenvalue weighted by atomic mass is 35.5. The lowest BCUT2D eigenvalue weighted by molar-refractivity contribution is 0.353. The largest absolute Gasteiger partial charge is 0.488 e. The Kier molecular flexibility index (Phi) is 5.03. The standard InChI is InChI=1S/C14H20ClNO/c1-5-9-17-13-11(7-6-8-12(13)15)10-16-14(2,3)4/h5-8,16H,1,9-10H2,2-4H3. The molecule has 1 aromatic carbocycles. The van der Waals surface area contributed by atoms with E-state index in [0.717, 1.165) is 17.9 Å². The average molecular weight is 254 g/mol. The zero-order chi connectivity index (χ0) is 12.9. The molecule has 0 amide bonds. The first kappa shape index (κ1) is 14.1. The van der Waals surface area contributed by atoms with Crippen molar-refractivity contribution >= 4 is 11.6 Å². The predicted octanol–water partition coefficient (Wildman–Crippen LogP) is 3.79. The van der Waals surface area contributed by atoms with Crippen molar-refractivity contribution in [1.82, 2.24) is 5.32 Å². The fourth-order valence-electron chi connectivity index (χ4n) is 1.36. The van der Waals surface area contributed by atoms with Crippen LogP contribution >= 0.6 is 11.6 Å². The van der Waals surface area contributed by atoms with Gasteiger partial charge in [0, 0.05) is 17.6 Å². The van der Waals surface area contributed by atoms with Gasteiger partial charge in [0.05, 0.1) is 5.02 Å². The number of halogens is 1. The van der Waals surface area contributed by atoms with Gasteiger partial charge in [0.2, 0.25) is 0 Å². The Labute approximate surface area is 109 Å². The van der Waals surface area contributed by atoms with E-state index in [9.17, 15) is 0 Å². The van der Waals surface area contributed by atoms with Gasteiger partial charge >= 0.3 is 0 Å². The first-order valence-electron chi connectivity index (χ1n) is 5.70. The first-order chi connectivity index (χ1) is 7.94. The number of ether oxygens (including phenoxy) is 1. The summed E-state index contributed by atoms with van der Waals surface area (Å²) in [5.41, 5.74) is 1.13. The molecule has 0 heterocycles. The molecule has 17 heavy (non-hydrogen) atoms. The van der Waals surface area contributed by atoms with Gasteiger partial charge < -0.3 is 10.1 Å². The third kappa shape index (κ3) is 4.80. The monoisotopic (exact) mass is 253 g/mol. The lowest BCUT2D eigenvalue weighted by atomic mass is 10.1. The topological polar surface area (TPSA) is 21.3 Å². The molecule has 0 fully saturated rings. The molecule has 94 valence electrons. The summed E-state index contributed by atoms with van der Waals surface area (Å²) >= 11 is 6.13. The van der Waals surface area contributed by atoms with Crippen molar-refractivity contribution < 1.29 is 4.74 Å². The molecule has 0 aliphatic rings. The quantitative estimate of drug-likeness (QED) is 0.806. The Morgan fingerprint density at radius 1 is 1.41 bits per heavy atom. The Morgan fingerprint density at radius 2 is 2.12 bits per heavy atom. The minimum absolute atomic E-state index is 0.0675. The molecule has 0 unspecified atom stereocenters. The Hall–Kier alpha value is -0.990. The van der Waals surface area contributed by atoms with Crippen LogP contribution in [0.5, 0.6) is 5.75 Å². The van der Waals surface area contributed by atoms with E-state index in [4.69, 9.17) is 16.3 Å². The second kappa shape index (κ2) is 6.08. The number of nitrogens with one attached hydrogen (secondary N) is 1. The minimum atomic E-state index is 0.0675. The Morgan fingerprint density at radius 3 is 2.71 bits per heavy atom. The molecule has 0 aliphatic carbocycles. The van der Waals surface area contributed by atoms with E-state index >= 15 is 0 Å². The molecule has 0 saturated carbocycles. The maximum absolute atomic E-state index is 6.13. The van der Waals surface area contributed by atoms with Gasteiger partial charge in [-0.1, -0.05) is 36.4 Å². The number of hydrogen-bond donors (Lipinski definition) is 1. The summed E-state index contributed by atoms with van der Waals surface area (Å²) < 4.78 is 5.59. The molecule has 0 atom stereocenters. The third-order valence-corrected chi connectivity index (χ3v) is 2.50. The van der Waals surface area contributed by atoms with Crippen LogP contribution in [0.25, 0.3) is 0 Å². The van der Waals surface area contributed by atoms with Crippen LogP contribution in [-0.4, -0.2) is 12.1 Å². The SMILES string of the molecule is C=CCOc1c(Cl)cccc1CNC(C)(C)C. The predicted molar refractivity (Wildman–Crippen MR) is 73.7 cm³/mol. The molecule has 0 spiro atoms. The maximum atomic E-state index is 6.13. The summed E-state index contributed by atoms with van der Waals surface area (Å²) in [7, 11) is 0. The van der Waals surface area contributed by atoms with Crippen molar-refractivity contribution in [3.8, 4) is 5.75 Å². The van der Waals surface area contributed by atoms with Gasteiger partial charge in [-0.25, -0.2) is 0 Å². The summed E-state index contributed by atoms with van der Waals surface area (Å²) in [6, 6.07) is 5.78. The second-order valence-corrected chi connectivity index (χ2v) is 5.34. The van der Waals surface area contributed by atoms with E-state index in [1.165, 1.54) is 0 Å². The number of hydrogen-bond acceptors (Lipinski definition) is 2. The highest BCUT2D eigenvalue weighted by Gasteiger charge is 2.12. The highest BCUT2D eigenvalue weighted by Crippen LogP contribution is 2.28. The summed E-state index contributed by atoms with van der Waals surface area (Å²) in [5.74, 6) is 0.741. The Bertz CT molecular complexity index is 382. The van der Waals surface area contributed by atoms with Crippen LogP contribution in [0.15, 0.2) is 30.9 Å². The molecule has 1 N–H and O–H groups in total. The van der Waals surface area contributed by atoms with Gasteiger partial charge in [-0.3, -0.25) is 0 Å². The molecule has 0 aliphatic heterocycles. The summed E-state index contributed by atoms with van der Waals surface area (Å²) in [5, 5.41) is 4.06. The molecular formula is C14H20ClNO. The van der Waals surface area contributed by atoms with Crippen molar-refractivity contribution in [2.45, 2.75) is 32.9 Å². The lowest BCUT2D eigenvalue weighted by Gasteiger charge is -2.22. The summed E-state index contributed by atoms with van der Waals surface area (Å²) in [6.07, 6.45) is 1.71. The van der Waals surface area contributed by atoms with E-state index < -0.39 is 0 Å². The van der Waals surface area contributed by atoms with Gasteiger partial charge in [0.25, 0.3) is 0 Å². The lowest BCUT2D eigenvalue weighted by Crippen LogP contribution is -2.35. The van der Waals surface area contributed by atoms with Crippen molar-refractivity contribution in [1.29, 1.82) is 0 Å². The van der Waals surface area contributed by atoms with Gasteiger partial charge in [0.1, 0.15) is 12.4 Å². The van der Waals surface area contributed by atoms with Crippen LogP contribution < -0.4 is 10.1 Å². The number of benzene rings is 1. The molecule has 3 heteroatoms. The maximum Gasteiger partial charge on any atom is 0.142 e.